The van der Waals surface area contributed by atoms with Crippen molar-refractivity contribution in [3.63, 3.8) is 0 Å². The van der Waals surface area contributed by atoms with Gasteiger partial charge in [0.2, 0.25) is 11.9 Å². The van der Waals surface area contributed by atoms with Crippen LogP contribution in [0.4, 0.5) is 36.3 Å². The zero-order valence-electron chi connectivity index (χ0n) is 23.5. The highest BCUT2D eigenvalue weighted by Crippen LogP contribution is 2.37. The second-order valence-corrected chi connectivity index (χ2v) is 10.7. The summed E-state index contributed by atoms with van der Waals surface area (Å²) in [6, 6.07) is 4.96. The molecule has 2 aromatic rings. The summed E-state index contributed by atoms with van der Waals surface area (Å²) >= 11 is 0. The zero-order valence-corrected chi connectivity index (χ0v) is 23.5. The van der Waals surface area contributed by atoms with Gasteiger partial charge in [-0.15, -0.1) is 0 Å². The molecular weight excluding hydrogens is 525 g/mol. The second kappa shape index (κ2) is 12.9. The third-order valence-corrected chi connectivity index (χ3v) is 7.29. The van der Waals surface area contributed by atoms with E-state index in [1.54, 1.807) is 26.1 Å². The lowest BCUT2D eigenvalue weighted by Gasteiger charge is -2.34. The number of carbonyl (C=O) groups is 1. The van der Waals surface area contributed by atoms with Gasteiger partial charge in [-0.2, -0.15) is 18.2 Å². The van der Waals surface area contributed by atoms with E-state index in [9.17, 15) is 18.0 Å². The lowest BCUT2D eigenvalue weighted by atomic mass is 9.90. The van der Waals surface area contributed by atoms with Gasteiger partial charge in [0.1, 0.15) is 17.1 Å². The number of aromatic nitrogens is 2. The zero-order chi connectivity index (χ0) is 28.9. The Morgan fingerprint density at radius 2 is 1.82 bits per heavy atom. The van der Waals surface area contributed by atoms with Gasteiger partial charge >= 0.3 is 6.18 Å². The number of anilines is 4. The van der Waals surface area contributed by atoms with Gasteiger partial charge in [-0.1, -0.05) is 12.8 Å². The highest BCUT2D eigenvalue weighted by Gasteiger charge is 2.37. The number of piperazine rings is 1. The molecule has 3 N–H and O–H groups in total. The number of benzene rings is 1. The summed E-state index contributed by atoms with van der Waals surface area (Å²) in [5, 5.41) is 9.00. The Labute approximate surface area is 233 Å². The van der Waals surface area contributed by atoms with Crippen molar-refractivity contribution in [1.82, 2.24) is 25.1 Å². The summed E-state index contributed by atoms with van der Waals surface area (Å²) in [6.07, 6.45) is -0.861. The predicted molar refractivity (Wildman–Crippen MR) is 149 cm³/mol. The van der Waals surface area contributed by atoms with Crippen LogP contribution >= 0.6 is 0 Å². The van der Waals surface area contributed by atoms with Crippen molar-refractivity contribution in [2.75, 3.05) is 76.5 Å². The Bertz CT molecular complexity index is 1160. The minimum absolute atomic E-state index is 0.00477. The van der Waals surface area contributed by atoms with Crippen molar-refractivity contribution in [2.24, 2.45) is 0 Å². The van der Waals surface area contributed by atoms with Gasteiger partial charge in [-0.3, -0.25) is 4.79 Å². The molecule has 0 spiro atoms. The van der Waals surface area contributed by atoms with E-state index in [-0.39, 0.29) is 30.3 Å². The van der Waals surface area contributed by atoms with Gasteiger partial charge in [-0.05, 0) is 46.1 Å². The van der Waals surface area contributed by atoms with Crippen molar-refractivity contribution in [1.29, 1.82) is 0 Å². The molecule has 1 amide bonds. The predicted octanol–water partition coefficient (Wildman–Crippen LogP) is 3.40. The topological polar surface area (TPSA) is 97.9 Å². The first kappa shape index (κ1) is 29.7. The first-order chi connectivity index (χ1) is 19.0. The Hall–Kier alpha value is -3.32. The molecule has 2 fully saturated rings. The van der Waals surface area contributed by atoms with Gasteiger partial charge in [0.05, 0.1) is 19.3 Å². The molecule has 1 aliphatic carbocycles. The van der Waals surface area contributed by atoms with Crippen LogP contribution in [0.25, 0.3) is 0 Å². The van der Waals surface area contributed by atoms with Gasteiger partial charge in [0, 0.05) is 56.2 Å². The normalized spacial score (nSPS) is 20.4. The number of nitrogens with one attached hydrogen (secondary N) is 3. The first-order valence-electron chi connectivity index (χ1n) is 13.6. The lowest BCUT2D eigenvalue weighted by Crippen LogP contribution is -2.50. The Morgan fingerprint density at radius 3 is 2.48 bits per heavy atom. The Kier molecular flexibility index (Phi) is 9.56. The van der Waals surface area contributed by atoms with Crippen molar-refractivity contribution >= 4 is 29.0 Å². The maximum Gasteiger partial charge on any atom is 0.421 e. The molecular formula is C27H39F3N8O2. The molecule has 2 atom stereocenters. The molecule has 1 saturated carbocycles. The molecule has 1 saturated heterocycles. The average molecular weight is 565 g/mol. The van der Waals surface area contributed by atoms with Gasteiger partial charge in [0.25, 0.3) is 0 Å². The molecule has 1 aromatic carbocycles. The van der Waals surface area contributed by atoms with Gasteiger partial charge in [0.15, 0.2) is 0 Å². The largest absolute Gasteiger partial charge is 0.494 e. The van der Waals surface area contributed by atoms with E-state index in [4.69, 9.17) is 4.74 Å². The molecule has 0 radical (unpaired) electrons. The molecule has 40 heavy (non-hydrogen) atoms. The molecule has 220 valence electrons. The molecule has 2 heterocycles. The average Bonchev–Trinajstić information content (AvgIpc) is 2.89. The van der Waals surface area contributed by atoms with E-state index in [2.05, 4.69) is 42.8 Å². The molecule has 4 rings (SSSR count). The summed E-state index contributed by atoms with van der Waals surface area (Å²) in [5.74, 6) is 0.0456. The van der Waals surface area contributed by atoms with Crippen molar-refractivity contribution in [3.05, 3.63) is 30.0 Å². The fourth-order valence-electron chi connectivity index (χ4n) is 5.12. The molecule has 2 aliphatic rings. The van der Waals surface area contributed by atoms with Crippen molar-refractivity contribution < 1.29 is 22.7 Å². The summed E-state index contributed by atoms with van der Waals surface area (Å²) in [6.45, 7) is 3.90. The molecule has 13 heteroatoms. The van der Waals surface area contributed by atoms with Crippen LogP contribution in [0, 0.1) is 0 Å². The van der Waals surface area contributed by atoms with Crippen LogP contribution in [0.15, 0.2) is 24.4 Å². The van der Waals surface area contributed by atoms with E-state index in [0.717, 1.165) is 50.9 Å². The SMILES string of the molecule is COc1cc(N2CCN(C)CC2)ccc1Nc1ncc(C(F)(F)F)c(N[C@@H]2CCCC[C@H]2NC(=O)CN(C)C)n1. The maximum absolute atomic E-state index is 13.9. The van der Waals surface area contributed by atoms with Gasteiger partial charge in [-0.25, -0.2) is 4.98 Å². The number of alkyl halides is 3. The van der Waals surface area contributed by atoms with Crippen LogP contribution in [-0.4, -0.2) is 98.7 Å². The smallest absolute Gasteiger partial charge is 0.421 e. The summed E-state index contributed by atoms with van der Waals surface area (Å²) < 4.78 is 47.4. The van der Waals surface area contributed by atoms with Crippen LogP contribution in [0.3, 0.4) is 0 Å². The molecule has 0 unspecified atom stereocenters. The van der Waals surface area contributed by atoms with E-state index in [0.29, 0.717) is 24.3 Å². The van der Waals surface area contributed by atoms with Crippen LogP contribution in [-0.2, 0) is 11.0 Å². The molecule has 10 nitrogen and oxygen atoms in total. The number of nitrogens with zero attached hydrogens (tertiary/aromatic N) is 5. The Morgan fingerprint density at radius 1 is 1.12 bits per heavy atom. The van der Waals surface area contributed by atoms with E-state index < -0.39 is 17.8 Å². The quantitative estimate of drug-likeness (QED) is 0.423. The number of carbonyl (C=O) groups excluding carboxylic acids is 1. The summed E-state index contributed by atoms with van der Waals surface area (Å²) in [5.41, 5.74) is 0.586. The fraction of sp³-hybridized carbons (Fsp3) is 0.593. The molecule has 1 aromatic heterocycles. The number of methoxy groups -OCH3 is 1. The minimum Gasteiger partial charge on any atom is -0.494 e. The number of halogens is 3. The number of hydrogen-bond donors (Lipinski definition) is 3. The summed E-state index contributed by atoms with van der Waals surface area (Å²) in [7, 11) is 7.21. The first-order valence-corrected chi connectivity index (χ1v) is 13.6. The van der Waals surface area contributed by atoms with E-state index in [1.165, 1.54) is 0 Å². The lowest BCUT2D eigenvalue weighted by molar-refractivity contribution is -0.137. The number of rotatable bonds is 9. The van der Waals surface area contributed by atoms with Crippen LogP contribution in [0.5, 0.6) is 5.75 Å². The fourth-order valence-corrected chi connectivity index (χ4v) is 5.12. The third-order valence-electron chi connectivity index (χ3n) is 7.29. The highest BCUT2D eigenvalue weighted by molar-refractivity contribution is 5.78. The minimum atomic E-state index is -4.65. The van der Waals surface area contributed by atoms with E-state index >= 15 is 0 Å². The van der Waals surface area contributed by atoms with E-state index in [1.807, 2.05) is 18.2 Å². The second-order valence-electron chi connectivity index (χ2n) is 10.7. The van der Waals surface area contributed by atoms with Crippen molar-refractivity contribution in [2.45, 2.75) is 43.9 Å². The molecule has 0 bridgehead atoms. The number of amides is 1. The monoisotopic (exact) mass is 564 g/mol. The highest BCUT2D eigenvalue weighted by atomic mass is 19.4. The molecule has 1 aliphatic heterocycles. The van der Waals surface area contributed by atoms with Gasteiger partial charge < -0.3 is 35.4 Å². The number of ether oxygens (including phenoxy) is 1. The maximum atomic E-state index is 13.9. The van der Waals surface area contributed by atoms with Crippen LogP contribution in [0.1, 0.15) is 31.2 Å². The Balaban J connectivity index is 1.55. The standard InChI is InChI=1S/C27H39F3N8O2/c1-36(2)17-24(39)32-20-7-5-6-8-21(20)33-25-19(27(28,29)30)16-31-26(35-25)34-22-10-9-18(15-23(22)40-4)38-13-11-37(3)12-14-38/h9-10,15-16,20-21H,5-8,11-14,17H2,1-4H3,(H,32,39)(H2,31,33,34,35)/t20-,21-/m1/s1. The van der Waals surface area contributed by atoms with Crippen molar-refractivity contribution in [3.8, 4) is 5.75 Å². The van der Waals surface area contributed by atoms with Crippen LogP contribution < -0.4 is 25.6 Å². The number of hydrogen-bond acceptors (Lipinski definition) is 9. The summed E-state index contributed by atoms with van der Waals surface area (Å²) in [4.78, 5) is 26.9. The van der Waals surface area contributed by atoms with Crippen LogP contribution in [0.2, 0.25) is 0 Å². The number of likely N-dealkylation sites (N-methyl/N-ethyl adjacent to an activating group) is 2. The third kappa shape index (κ3) is 7.66.